The largest absolute Gasteiger partial charge is 0.387 e. The number of hydrogen-bond acceptors (Lipinski definition) is 4. The van der Waals surface area contributed by atoms with Gasteiger partial charge in [0.25, 0.3) is 0 Å². The Bertz CT molecular complexity index is 728. The van der Waals surface area contributed by atoms with Gasteiger partial charge < -0.3 is 20.4 Å². The van der Waals surface area contributed by atoms with Crippen LogP contribution in [0.4, 0.5) is 0 Å². The molecule has 3 rings (SSSR count). The van der Waals surface area contributed by atoms with Crippen LogP contribution in [0.25, 0.3) is 11.0 Å². The lowest BCUT2D eigenvalue weighted by atomic mass is 9.95. The van der Waals surface area contributed by atoms with Crippen molar-refractivity contribution in [1.82, 2.24) is 15.3 Å². The van der Waals surface area contributed by atoms with Gasteiger partial charge in [0, 0.05) is 6.04 Å². The molecule has 0 bridgehead atoms. The van der Waals surface area contributed by atoms with Crippen molar-refractivity contribution in [2.24, 2.45) is 0 Å². The number of hydrogen-bond donors (Lipinski definition) is 4. The number of fused-ring (bicyclic) bond motifs is 1. The monoisotopic (exact) mass is 275 g/mol. The van der Waals surface area contributed by atoms with Crippen molar-refractivity contribution in [1.29, 1.82) is 0 Å². The number of benzene rings is 1. The van der Waals surface area contributed by atoms with E-state index in [9.17, 15) is 14.7 Å². The highest BCUT2D eigenvalue weighted by Gasteiger charge is 2.22. The van der Waals surface area contributed by atoms with Crippen molar-refractivity contribution in [2.45, 2.75) is 31.4 Å². The van der Waals surface area contributed by atoms with E-state index in [2.05, 4.69) is 15.3 Å². The van der Waals surface area contributed by atoms with Crippen LogP contribution in [0.3, 0.4) is 0 Å². The Morgan fingerprint density at radius 3 is 2.55 bits per heavy atom. The Morgan fingerprint density at radius 1 is 1.10 bits per heavy atom. The summed E-state index contributed by atoms with van der Waals surface area (Å²) in [5, 5.41) is 13.7. The Kier molecular flexibility index (Phi) is 3.42. The van der Waals surface area contributed by atoms with Crippen LogP contribution in [0.2, 0.25) is 0 Å². The molecule has 2 atom stereocenters. The summed E-state index contributed by atoms with van der Waals surface area (Å²) in [6, 6.07) is 5.23. The molecule has 2 unspecified atom stereocenters. The molecule has 1 aliphatic rings. The van der Waals surface area contributed by atoms with E-state index in [1.54, 1.807) is 18.2 Å². The molecule has 1 aromatic heterocycles. The highest BCUT2D eigenvalue weighted by atomic mass is 16.3. The maximum atomic E-state index is 11.3. The maximum absolute atomic E-state index is 11.3. The summed E-state index contributed by atoms with van der Waals surface area (Å²) in [6.07, 6.45) is 2.55. The fraction of sp³-hybridized carbons (Fsp3) is 0.429. The number of piperidine rings is 1. The standard InChI is InChI=1S/C14H17N3O3/c18-12(10-3-1-2-6-15-10)8-4-5-9-11(7-8)17-14(20)13(19)16-9/h4-5,7,10,12,15,18H,1-3,6H2,(H,16,19)(H,17,20). The van der Waals surface area contributed by atoms with E-state index < -0.39 is 17.2 Å². The zero-order valence-electron chi connectivity index (χ0n) is 11.0. The Morgan fingerprint density at radius 2 is 1.85 bits per heavy atom. The van der Waals surface area contributed by atoms with E-state index in [4.69, 9.17) is 0 Å². The van der Waals surface area contributed by atoms with Crippen molar-refractivity contribution in [3.63, 3.8) is 0 Å². The second kappa shape index (κ2) is 5.22. The Balaban J connectivity index is 1.97. The number of H-pyrrole nitrogens is 2. The van der Waals surface area contributed by atoms with Crippen LogP contribution in [0, 0.1) is 0 Å². The highest BCUT2D eigenvalue weighted by Crippen LogP contribution is 2.24. The van der Waals surface area contributed by atoms with Crippen LogP contribution in [0.15, 0.2) is 27.8 Å². The molecular weight excluding hydrogens is 258 g/mol. The molecule has 2 heterocycles. The zero-order chi connectivity index (χ0) is 14.1. The number of nitrogens with one attached hydrogen (secondary N) is 3. The second-order valence-corrected chi connectivity index (χ2v) is 5.21. The molecule has 2 aromatic rings. The van der Waals surface area contributed by atoms with E-state index in [-0.39, 0.29) is 6.04 Å². The van der Waals surface area contributed by atoms with Crippen LogP contribution < -0.4 is 16.4 Å². The van der Waals surface area contributed by atoms with Gasteiger partial charge in [-0.1, -0.05) is 12.5 Å². The number of aromatic amines is 2. The van der Waals surface area contributed by atoms with Crippen molar-refractivity contribution < 1.29 is 5.11 Å². The molecule has 1 fully saturated rings. The SMILES string of the molecule is O=c1[nH]c2ccc(C(O)C3CCCCN3)cc2[nH]c1=O. The van der Waals surface area contributed by atoms with E-state index in [0.717, 1.165) is 31.4 Å². The average molecular weight is 275 g/mol. The third kappa shape index (κ3) is 2.39. The third-order valence-corrected chi connectivity index (χ3v) is 3.82. The zero-order valence-corrected chi connectivity index (χ0v) is 11.0. The summed E-state index contributed by atoms with van der Waals surface area (Å²) in [5.41, 5.74) is 0.475. The van der Waals surface area contributed by atoms with Crippen LogP contribution in [-0.4, -0.2) is 27.7 Å². The van der Waals surface area contributed by atoms with E-state index in [1.807, 2.05) is 0 Å². The van der Waals surface area contributed by atoms with Gasteiger partial charge in [-0.05, 0) is 37.1 Å². The summed E-state index contributed by atoms with van der Waals surface area (Å²) in [4.78, 5) is 27.6. The van der Waals surface area contributed by atoms with E-state index in [1.165, 1.54) is 0 Å². The fourth-order valence-corrected chi connectivity index (χ4v) is 2.70. The minimum Gasteiger partial charge on any atom is -0.387 e. The van der Waals surface area contributed by atoms with Gasteiger partial charge in [0.15, 0.2) is 0 Å². The van der Waals surface area contributed by atoms with Crippen LogP contribution >= 0.6 is 0 Å². The van der Waals surface area contributed by atoms with Crippen molar-refractivity contribution in [3.05, 3.63) is 44.5 Å². The van der Waals surface area contributed by atoms with Gasteiger partial charge in [-0.15, -0.1) is 0 Å². The lowest BCUT2D eigenvalue weighted by Crippen LogP contribution is -2.38. The normalized spacial score (nSPS) is 20.9. The topological polar surface area (TPSA) is 98.0 Å². The highest BCUT2D eigenvalue weighted by molar-refractivity contribution is 5.74. The third-order valence-electron chi connectivity index (χ3n) is 3.82. The van der Waals surface area contributed by atoms with E-state index >= 15 is 0 Å². The number of rotatable bonds is 2. The first-order chi connectivity index (χ1) is 9.65. The minimum atomic E-state index is -0.681. The molecule has 106 valence electrons. The maximum Gasteiger partial charge on any atom is 0.314 e. The fourth-order valence-electron chi connectivity index (χ4n) is 2.70. The predicted octanol–water partition coefficient (Wildman–Crippen LogP) is 0.392. The van der Waals surface area contributed by atoms with E-state index in [0.29, 0.717) is 11.0 Å². The van der Waals surface area contributed by atoms with Crippen LogP contribution in [-0.2, 0) is 0 Å². The summed E-state index contributed by atoms with van der Waals surface area (Å²) in [5.74, 6) is 0. The van der Waals surface area contributed by atoms with Gasteiger partial charge in [0.05, 0.1) is 17.1 Å². The Labute approximate surface area is 114 Å². The number of aliphatic hydroxyl groups excluding tert-OH is 1. The molecular formula is C14H17N3O3. The molecule has 0 saturated carbocycles. The Hall–Kier alpha value is -1.92. The molecule has 4 N–H and O–H groups in total. The van der Waals surface area contributed by atoms with Gasteiger partial charge >= 0.3 is 11.1 Å². The van der Waals surface area contributed by atoms with Gasteiger partial charge in [-0.2, -0.15) is 0 Å². The number of aliphatic hydroxyl groups is 1. The van der Waals surface area contributed by atoms with Crippen LogP contribution in [0.5, 0.6) is 0 Å². The summed E-state index contributed by atoms with van der Waals surface area (Å²) >= 11 is 0. The molecule has 20 heavy (non-hydrogen) atoms. The molecule has 1 aromatic carbocycles. The minimum absolute atomic E-state index is 0.0377. The van der Waals surface area contributed by atoms with Gasteiger partial charge in [-0.25, -0.2) is 0 Å². The van der Waals surface area contributed by atoms with Crippen molar-refractivity contribution in [3.8, 4) is 0 Å². The van der Waals surface area contributed by atoms with Gasteiger partial charge in [-0.3, -0.25) is 9.59 Å². The number of aromatic nitrogens is 2. The van der Waals surface area contributed by atoms with Gasteiger partial charge in [0.2, 0.25) is 0 Å². The molecule has 1 saturated heterocycles. The molecule has 0 radical (unpaired) electrons. The first-order valence-corrected chi connectivity index (χ1v) is 6.83. The van der Waals surface area contributed by atoms with Crippen molar-refractivity contribution >= 4 is 11.0 Å². The summed E-state index contributed by atoms with van der Waals surface area (Å²) < 4.78 is 0. The lowest BCUT2D eigenvalue weighted by molar-refractivity contribution is 0.114. The van der Waals surface area contributed by atoms with Crippen molar-refractivity contribution in [2.75, 3.05) is 6.54 Å². The molecule has 6 nitrogen and oxygen atoms in total. The predicted molar refractivity (Wildman–Crippen MR) is 75.8 cm³/mol. The van der Waals surface area contributed by atoms with Crippen LogP contribution in [0.1, 0.15) is 30.9 Å². The molecule has 0 spiro atoms. The second-order valence-electron chi connectivity index (χ2n) is 5.21. The molecule has 6 heteroatoms. The average Bonchev–Trinajstić information content (AvgIpc) is 2.48. The summed E-state index contributed by atoms with van der Waals surface area (Å²) in [6.45, 7) is 0.916. The quantitative estimate of drug-likeness (QED) is 0.596. The molecule has 0 amide bonds. The first-order valence-electron chi connectivity index (χ1n) is 6.83. The first kappa shape index (κ1) is 13.1. The van der Waals surface area contributed by atoms with Gasteiger partial charge in [0.1, 0.15) is 0 Å². The smallest absolute Gasteiger partial charge is 0.314 e. The lowest BCUT2D eigenvalue weighted by Gasteiger charge is -2.28. The summed E-state index contributed by atoms with van der Waals surface area (Å²) in [7, 11) is 0. The molecule has 0 aliphatic carbocycles. The molecule has 1 aliphatic heterocycles.